The van der Waals surface area contributed by atoms with Crippen LogP contribution in [0.5, 0.6) is 11.5 Å². The predicted molar refractivity (Wildman–Crippen MR) is 93.8 cm³/mol. The molecule has 23 heavy (non-hydrogen) atoms. The van der Waals surface area contributed by atoms with Crippen LogP contribution < -0.4 is 14.8 Å². The van der Waals surface area contributed by atoms with Crippen molar-refractivity contribution in [2.45, 2.75) is 19.4 Å². The zero-order valence-corrected chi connectivity index (χ0v) is 14.8. The summed E-state index contributed by atoms with van der Waals surface area (Å²) in [5.74, 6) is 1.46. The summed E-state index contributed by atoms with van der Waals surface area (Å²) in [6.07, 6.45) is 0.306. The van der Waals surface area contributed by atoms with E-state index < -0.39 is 0 Å². The van der Waals surface area contributed by atoms with E-state index in [1.807, 2.05) is 55.5 Å². The van der Waals surface area contributed by atoms with Crippen LogP contribution in [0.3, 0.4) is 0 Å². The first-order chi connectivity index (χ1) is 11.1. The monoisotopic (exact) mass is 377 g/mol. The normalized spacial score (nSPS) is 11.6. The van der Waals surface area contributed by atoms with Crippen LogP contribution in [0.25, 0.3) is 0 Å². The van der Waals surface area contributed by atoms with Crippen molar-refractivity contribution >= 4 is 21.8 Å². The van der Waals surface area contributed by atoms with Crippen LogP contribution in [-0.4, -0.2) is 19.6 Å². The molecule has 0 radical (unpaired) electrons. The Kier molecular flexibility index (Phi) is 6.47. The summed E-state index contributed by atoms with van der Waals surface area (Å²) in [4.78, 5) is 12.0. The summed E-state index contributed by atoms with van der Waals surface area (Å²) in [6.45, 7) is 2.29. The Bertz CT molecular complexity index is 643. The van der Waals surface area contributed by atoms with Crippen molar-refractivity contribution in [3.05, 3.63) is 58.6 Å². The van der Waals surface area contributed by atoms with Gasteiger partial charge in [-0.15, -0.1) is 0 Å². The molecule has 0 saturated carbocycles. The number of carbonyl (C=O) groups excluding carboxylic acids is 1. The number of hydrogen-bond acceptors (Lipinski definition) is 3. The summed E-state index contributed by atoms with van der Waals surface area (Å²) in [5.41, 5.74) is 1.05. The van der Waals surface area contributed by atoms with E-state index in [9.17, 15) is 4.79 Å². The SMILES string of the molecule is COc1ccc(OCCC(=O)N[C@H](C)c2ccccc2Br)cc1. The van der Waals surface area contributed by atoms with Gasteiger partial charge in [0, 0.05) is 4.47 Å². The average molecular weight is 378 g/mol. The summed E-state index contributed by atoms with van der Waals surface area (Å²) in [7, 11) is 1.62. The Morgan fingerprint density at radius 1 is 1.13 bits per heavy atom. The van der Waals surface area contributed by atoms with Crippen molar-refractivity contribution in [2.24, 2.45) is 0 Å². The topological polar surface area (TPSA) is 47.6 Å². The molecule has 122 valence electrons. The minimum atomic E-state index is -0.0564. The van der Waals surface area contributed by atoms with Gasteiger partial charge in [-0.25, -0.2) is 0 Å². The van der Waals surface area contributed by atoms with E-state index in [0.29, 0.717) is 13.0 Å². The van der Waals surface area contributed by atoms with Crippen LogP contribution in [0, 0.1) is 0 Å². The second-order valence-corrected chi connectivity index (χ2v) is 5.94. The molecule has 0 aromatic heterocycles. The van der Waals surface area contributed by atoms with E-state index in [2.05, 4.69) is 21.2 Å². The van der Waals surface area contributed by atoms with Gasteiger partial charge >= 0.3 is 0 Å². The lowest BCUT2D eigenvalue weighted by Gasteiger charge is -2.16. The molecule has 0 aliphatic carbocycles. The number of hydrogen-bond donors (Lipinski definition) is 1. The molecule has 0 spiro atoms. The fourth-order valence-corrected chi connectivity index (χ4v) is 2.78. The Hall–Kier alpha value is -2.01. The number of nitrogens with one attached hydrogen (secondary N) is 1. The molecule has 2 aromatic carbocycles. The van der Waals surface area contributed by atoms with Gasteiger partial charge in [-0.3, -0.25) is 4.79 Å². The first kappa shape index (κ1) is 17.3. The van der Waals surface area contributed by atoms with Crippen LogP contribution in [0.4, 0.5) is 0 Å². The van der Waals surface area contributed by atoms with E-state index in [-0.39, 0.29) is 11.9 Å². The second-order valence-electron chi connectivity index (χ2n) is 5.08. The number of rotatable bonds is 7. The third-order valence-electron chi connectivity index (χ3n) is 3.41. The zero-order chi connectivity index (χ0) is 16.7. The molecular formula is C18H20BrNO3. The van der Waals surface area contributed by atoms with Gasteiger partial charge in [0.15, 0.2) is 0 Å². The average Bonchev–Trinajstić information content (AvgIpc) is 2.55. The number of carbonyl (C=O) groups is 1. The summed E-state index contributed by atoms with van der Waals surface area (Å²) >= 11 is 3.50. The largest absolute Gasteiger partial charge is 0.497 e. The fourth-order valence-electron chi connectivity index (χ4n) is 2.15. The molecule has 1 atom stereocenters. The van der Waals surface area contributed by atoms with Gasteiger partial charge in [0.2, 0.25) is 5.91 Å². The quantitative estimate of drug-likeness (QED) is 0.789. The molecular weight excluding hydrogens is 358 g/mol. The Morgan fingerprint density at radius 3 is 2.43 bits per heavy atom. The molecule has 0 unspecified atom stereocenters. The van der Waals surface area contributed by atoms with Crippen molar-refractivity contribution in [1.29, 1.82) is 0 Å². The van der Waals surface area contributed by atoms with Gasteiger partial charge in [-0.2, -0.15) is 0 Å². The van der Waals surface area contributed by atoms with Gasteiger partial charge in [-0.1, -0.05) is 34.1 Å². The molecule has 0 heterocycles. The van der Waals surface area contributed by atoms with Crippen molar-refractivity contribution < 1.29 is 14.3 Å². The molecule has 0 aliphatic rings. The maximum atomic E-state index is 12.0. The number of ether oxygens (including phenoxy) is 2. The van der Waals surface area contributed by atoms with E-state index in [1.54, 1.807) is 7.11 Å². The van der Waals surface area contributed by atoms with Crippen LogP contribution in [0.1, 0.15) is 24.9 Å². The first-order valence-electron chi connectivity index (χ1n) is 7.41. The van der Waals surface area contributed by atoms with Crippen molar-refractivity contribution in [3.8, 4) is 11.5 Å². The maximum Gasteiger partial charge on any atom is 0.223 e. The molecule has 2 aromatic rings. The highest BCUT2D eigenvalue weighted by atomic mass is 79.9. The van der Waals surface area contributed by atoms with E-state index in [4.69, 9.17) is 9.47 Å². The third kappa shape index (κ3) is 5.28. The number of methoxy groups -OCH3 is 1. The molecule has 0 fully saturated rings. The molecule has 1 N–H and O–H groups in total. The molecule has 2 rings (SSSR count). The predicted octanol–water partition coefficient (Wildman–Crippen LogP) is 4.10. The van der Waals surface area contributed by atoms with Crippen LogP contribution >= 0.6 is 15.9 Å². The highest BCUT2D eigenvalue weighted by Gasteiger charge is 2.11. The zero-order valence-electron chi connectivity index (χ0n) is 13.2. The highest BCUT2D eigenvalue weighted by Crippen LogP contribution is 2.22. The Labute approximate surface area is 144 Å². The van der Waals surface area contributed by atoms with Crippen molar-refractivity contribution in [1.82, 2.24) is 5.32 Å². The lowest BCUT2D eigenvalue weighted by Crippen LogP contribution is -2.28. The molecule has 1 amide bonds. The summed E-state index contributed by atoms with van der Waals surface area (Å²) in [5, 5.41) is 2.97. The van der Waals surface area contributed by atoms with Crippen molar-refractivity contribution in [2.75, 3.05) is 13.7 Å². The first-order valence-corrected chi connectivity index (χ1v) is 8.20. The lowest BCUT2D eigenvalue weighted by atomic mass is 10.1. The Balaban J connectivity index is 1.77. The van der Waals surface area contributed by atoms with E-state index in [0.717, 1.165) is 21.5 Å². The highest BCUT2D eigenvalue weighted by molar-refractivity contribution is 9.10. The minimum absolute atomic E-state index is 0.0400. The number of amides is 1. The molecule has 0 bridgehead atoms. The summed E-state index contributed by atoms with van der Waals surface area (Å²) < 4.78 is 11.6. The van der Waals surface area contributed by atoms with E-state index in [1.165, 1.54) is 0 Å². The van der Waals surface area contributed by atoms with Gasteiger partial charge in [0.1, 0.15) is 11.5 Å². The molecule has 4 nitrogen and oxygen atoms in total. The number of halogens is 1. The smallest absolute Gasteiger partial charge is 0.223 e. The standard InChI is InChI=1S/C18H20BrNO3/c1-13(16-5-3-4-6-17(16)19)20-18(21)11-12-23-15-9-7-14(22-2)8-10-15/h3-10,13H,11-12H2,1-2H3,(H,20,21)/t13-/m1/s1. The summed E-state index contributed by atoms with van der Waals surface area (Å²) in [6, 6.07) is 15.1. The second kappa shape index (κ2) is 8.58. The fraction of sp³-hybridized carbons (Fsp3) is 0.278. The molecule has 0 aliphatic heterocycles. The Morgan fingerprint density at radius 2 is 1.78 bits per heavy atom. The lowest BCUT2D eigenvalue weighted by molar-refractivity contribution is -0.122. The van der Waals surface area contributed by atoms with Gasteiger partial charge in [0.05, 0.1) is 26.2 Å². The minimum Gasteiger partial charge on any atom is -0.497 e. The van der Waals surface area contributed by atoms with E-state index >= 15 is 0 Å². The van der Waals surface area contributed by atoms with Crippen LogP contribution in [0.2, 0.25) is 0 Å². The molecule has 0 saturated heterocycles. The van der Waals surface area contributed by atoms with Crippen molar-refractivity contribution in [3.63, 3.8) is 0 Å². The van der Waals surface area contributed by atoms with Gasteiger partial charge in [0.25, 0.3) is 0 Å². The maximum absolute atomic E-state index is 12.0. The van der Waals surface area contributed by atoms with Crippen LogP contribution in [0.15, 0.2) is 53.0 Å². The third-order valence-corrected chi connectivity index (χ3v) is 4.13. The number of benzene rings is 2. The van der Waals surface area contributed by atoms with Gasteiger partial charge < -0.3 is 14.8 Å². The molecule has 5 heteroatoms. The van der Waals surface area contributed by atoms with Gasteiger partial charge in [-0.05, 0) is 42.8 Å². The van der Waals surface area contributed by atoms with Crippen LogP contribution in [-0.2, 0) is 4.79 Å².